The number of ether oxygens (including phenoxy) is 3. The fourth-order valence-electron chi connectivity index (χ4n) is 3.84. The first kappa shape index (κ1) is 25.2. The van der Waals surface area contributed by atoms with Crippen LogP contribution in [0.25, 0.3) is 0 Å². The van der Waals surface area contributed by atoms with E-state index in [4.69, 9.17) is 24.3 Å². The molecule has 0 atom stereocenters. The molecule has 1 amide bonds. The summed E-state index contributed by atoms with van der Waals surface area (Å²) in [5, 5.41) is 12.9. The molecule has 190 valence electrons. The molecular weight excluding hydrogens is 470 g/mol. The molecule has 9 nitrogen and oxygen atoms in total. The molecule has 1 saturated heterocycles. The molecule has 2 heterocycles. The van der Waals surface area contributed by atoms with Gasteiger partial charge in [0.25, 0.3) is 0 Å². The second-order valence-electron chi connectivity index (χ2n) is 8.92. The number of nitrogens with zero attached hydrogens (tertiary/aromatic N) is 2. The van der Waals surface area contributed by atoms with E-state index < -0.39 is 12.1 Å². The van der Waals surface area contributed by atoms with Gasteiger partial charge in [0.1, 0.15) is 5.75 Å². The van der Waals surface area contributed by atoms with Crippen molar-refractivity contribution in [3.63, 3.8) is 0 Å². The van der Waals surface area contributed by atoms with E-state index in [1.54, 1.807) is 11.3 Å². The second kappa shape index (κ2) is 12.2. The van der Waals surface area contributed by atoms with Crippen molar-refractivity contribution in [2.45, 2.75) is 45.6 Å². The first-order valence-electron chi connectivity index (χ1n) is 12.1. The number of aryl methyl sites for hydroxylation is 2. The summed E-state index contributed by atoms with van der Waals surface area (Å²) in [5.41, 5.74) is 2.73. The van der Waals surface area contributed by atoms with Gasteiger partial charge in [-0.1, -0.05) is 6.07 Å². The number of hydrogen-bond donors (Lipinski definition) is 2. The number of hydrogen-bond acceptors (Lipinski definition) is 8. The van der Waals surface area contributed by atoms with Gasteiger partial charge in [-0.15, -0.1) is 11.3 Å². The van der Waals surface area contributed by atoms with Crippen molar-refractivity contribution in [3.05, 3.63) is 39.9 Å². The van der Waals surface area contributed by atoms with Crippen molar-refractivity contribution in [2.24, 2.45) is 5.92 Å². The van der Waals surface area contributed by atoms with Gasteiger partial charge in [0.15, 0.2) is 5.13 Å². The van der Waals surface area contributed by atoms with Gasteiger partial charge in [0.05, 0.1) is 32.1 Å². The molecule has 35 heavy (non-hydrogen) atoms. The number of carboxylic acid groups (broad SMARTS) is 1. The standard InChI is InChI=1S/C25H33N3O6S/c1-17-22(27-24(35-17)28-9-12-32-13-10-28)8-11-33-21-6-4-19(5-7-23(29)30)20(14-21)15-26-25(31)34-16-18-2-3-18/h4,6,14,18H,2-3,5,7-13,15-16H2,1H3,(H,26,31)(H,29,30). The number of carbonyl (C=O) groups is 2. The molecule has 2 aliphatic rings. The predicted molar refractivity (Wildman–Crippen MR) is 132 cm³/mol. The fraction of sp³-hybridized carbons (Fsp3) is 0.560. The topological polar surface area (TPSA) is 110 Å². The number of benzene rings is 1. The highest BCUT2D eigenvalue weighted by molar-refractivity contribution is 7.15. The summed E-state index contributed by atoms with van der Waals surface area (Å²) >= 11 is 1.70. The molecular formula is C25H33N3O6S. The molecule has 10 heteroatoms. The number of aromatic nitrogens is 1. The second-order valence-corrected chi connectivity index (χ2v) is 10.1. The lowest BCUT2D eigenvalue weighted by molar-refractivity contribution is -0.136. The normalized spacial score (nSPS) is 15.6. The molecule has 0 radical (unpaired) electrons. The highest BCUT2D eigenvalue weighted by Crippen LogP contribution is 2.29. The van der Waals surface area contributed by atoms with Crippen molar-refractivity contribution in [1.82, 2.24) is 10.3 Å². The van der Waals surface area contributed by atoms with Crippen LogP contribution in [0.5, 0.6) is 5.75 Å². The largest absolute Gasteiger partial charge is 0.493 e. The Balaban J connectivity index is 1.33. The highest BCUT2D eigenvalue weighted by Gasteiger charge is 2.23. The number of nitrogens with one attached hydrogen (secondary N) is 1. The summed E-state index contributed by atoms with van der Waals surface area (Å²) in [4.78, 5) is 31.3. The van der Waals surface area contributed by atoms with Crippen LogP contribution >= 0.6 is 11.3 Å². The Morgan fingerprint density at radius 2 is 2.03 bits per heavy atom. The van der Waals surface area contributed by atoms with Crippen molar-refractivity contribution in [3.8, 4) is 5.75 Å². The average Bonchev–Trinajstić information content (AvgIpc) is 3.62. The van der Waals surface area contributed by atoms with E-state index >= 15 is 0 Å². The number of alkyl carbamates (subject to hydrolysis) is 1. The molecule has 1 aliphatic heterocycles. The maximum atomic E-state index is 12.0. The minimum Gasteiger partial charge on any atom is -0.493 e. The van der Waals surface area contributed by atoms with Crippen LogP contribution < -0.4 is 15.0 Å². The van der Waals surface area contributed by atoms with Gasteiger partial charge in [0.2, 0.25) is 0 Å². The zero-order valence-corrected chi connectivity index (χ0v) is 20.9. The number of thiazole rings is 1. The van der Waals surface area contributed by atoms with Gasteiger partial charge in [-0.3, -0.25) is 4.79 Å². The third-order valence-corrected chi connectivity index (χ3v) is 7.20. The Bertz CT molecular complexity index is 1020. The van der Waals surface area contributed by atoms with Crippen LogP contribution in [0.2, 0.25) is 0 Å². The summed E-state index contributed by atoms with van der Waals surface area (Å²) < 4.78 is 16.7. The van der Waals surface area contributed by atoms with Gasteiger partial charge in [-0.25, -0.2) is 9.78 Å². The number of amides is 1. The zero-order chi connectivity index (χ0) is 24.6. The third kappa shape index (κ3) is 7.83. The monoisotopic (exact) mass is 503 g/mol. The zero-order valence-electron chi connectivity index (χ0n) is 20.1. The Kier molecular flexibility index (Phi) is 8.81. The van der Waals surface area contributed by atoms with Crippen LogP contribution in [0.1, 0.15) is 41.0 Å². The van der Waals surface area contributed by atoms with E-state index in [1.165, 1.54) is 4.88 Å². The van der Waals surface area contributed by atoms with Gasteiger partial charge in [-0.2, -0.15) is 0 Å². The number of morpholine rings is 1. The van der Waals surface area contributed by atoms with E-state index in [2.05, 4.69) is 17.1 Å². The van der Waals surface area contributed by atoms with Crippen LogP contribution in [0.4, 0.5) is 9.93 Å². The molecule has 0 bridgehead atoms. The average molecular weight is 504 g/mol. The van der Waals surface area contributed by atoms with E-state index in [0.717, 1.165) is 61.1 Å². The fourth-order valence-corrected chi connectivity index (χ4v) is 4.85. The minimum atomic E-state index is -0.858. The summed E-state index contributed by atoms with van der Waals surface area (Å²) in [6.45, 7) is 6.44. The van der Waals surface area contributed by atoms with Crippen LogP contribution in [0, 0.1) is 12.8 Å². The molecule has 1 aromatic heterocycles. The van der Waals surface area contributed by atoms with Gasteiger partial charge in [-0.05, 0) is 55.4 Å². The molecule has 4 rings (SSSR count). The first-order chi connectivity index (χ1) is 17.0. The van der Waals surface area contributed by atoms with Gasteiger partial charge in [0, 0.05) is 37.4 Å². The minimum absolute atomic E-state index is 0.0217. The van der Waals surface area contributed by atoms with E-state index in [0.29, 0.717) is 37.7 Å². The predicted octanol–water partition coefficient (Wildman–Crippen LogP) is 3.56. The van der Waals surface area contributed by atoms with Crippen LogP contribution in [-0.2, 0) is 33.7 Å². The summed E-state index contributed by atoms with van der Waals surface area (Å²) in [5.74, 6) is 0.312. The third-order valence-electron chi connectivity index (χ3n) is 6.13. The highest BCUT2D eigenvalue weighted by atomic mass is 32.1. The number of carbonyl (C=O) groups excluding carboxylic acids is 1. The lowest BCUT2D eigenvalue weighted by atomic mass is 10.0. The van der Waals surface area contributed by atoms with Crippen LogP contribution in [0.15, 0.2) is 18.2 Å². The molecule has 0 spiro atoms. The number of rotatable bonds is 12. The van der Waals surface area contributed by atoms with Crippen molar-refractivity contribution >= 4 is 28.5 Å². The molecule has 1 aromatic carbocycles. The molecule has 1 aliphatic carbocycles. The maximum absolute atomic E-state index is 12.0. The first-order valence-corrected chi connectivity index (χ1v) is 13.0. The Hall–Kier alpha value is -2.85. The van der Waals surface area contributed by atoms with Crippen LogP contribution in [0.3, 0.4) is 0 Å². The van der Waals surface area contributed by atoms with Crippen LogP contribution in [-0.4, -0.2) is 61.7 Å². The summed E-state index contributed by atoms with van der Waals surface area (Å²) in [7, 11) is 0. The smallest absolute Gasteiger partial charge is 0.407 e. The lowest BCUT2D eigenvalue weighted by Crippen LogP contribution is -2.36. The maximum Gasteiger partial charge on any atom is 0.407 e. The number of aliphatic carboxylic acids is 1. The molecule has 2 fully saturated rings. The number of carboxylic acids is 1. The number of anilines is 1. The molecule has 1 saturated carbocycles. The van der Waals surface area contributed by atoms with Crippen molar-refractivity contribution in [1.29, 1.82) is 0 Å². The molecule has 2 aromatic rings. The Morgan fingerprint density at radius 3 is 2.77 bits per heavy atom. The SMILES string of the molecule is Cc1sc(N2CCOCC2)nc1CCOc1ccc(CCC(=O)O)c(CNC(=O)OCC2CC2)c1. The Labute approximate surface area is 209 Å². The van der Waals surface area contributed by atoms with E-state index in [1.807, 2.05) is 18.2 Å². The summed E-state index contributed by atoms with van der Waals surface area (Å²) in [6, 6.07) is 5.58. The van der Waals surface area contributed by atoms with Gasteiger partial charge >= 0.3 is 12.1 Å². The molecule has 2 N–H and O–H groups in total. The Morgan fingerprint density at radius 1 is 1.23 bits per heavy atom. The van der Waals surface area contributed by atoms with E-state index in [-0.39, 0.29) is 13.0 Å². The van der Waals surface area contributed by atoms with E-state index in [9.17, 15) is 9.59 Å². The summed E-state index contributed by atoms with van der Waals surface area (Å²) in [6.07, 6.45) is 2.86. The molecule has 0 unspecified atom stereocenters. The van der Waals surface area contributed by atoms with Crippen molar-refractivity contribution < 1.29 is 28.9 Å². The van der Waals surface area contributed by atoms with Crippen molar-refractivity contribution in [2.75, 3.05) is 44.4 Å². The quantitative estimate of drug-likeness (QED) is 0.452. The lowest BCUT2D eigenvalue weighted by Gasteiger charge is -2.26. The van der Waals surface area contributed by atoms with Gasteiger partial charge < -0.3 is 29.5 Å².